The van der Waals surface area contributed by atoms with Crippen LogP contribution in [0, 0.1) is 13.8 Å². The first kappa shape index (κ1) is 17.1. The molecule has 1 atom stereocenters. The molecule has 0 aromatic heterocycles. The van der Waals surface area contributed by atoms with Crippen LogP contribution in [-0.2, 0) is 9.47 Å². The predicted octanol–water partition coefficient (Wildman–Crippen LogP) is 1.90. The molecular weight excluding hydrogens is 252 g/mol. The number of hydrogen-bond acceptors (Lipinski definition) is 4. The van der Waals surface area contributed by atoms with Crippen LogP contribution in [0.15, 0.2) is 18.2 Å². The monoisotopic (exact) mass is 280 g/mol. The minimum absolute atomic E-state index is 0.0167. The highest BCUT2D eigenvalue weighted by Crippen LogP contribution is 2.16. The van der Waals surface area contributed by atoms with Gasteiger partial charge in [0, 0.05) is 39.9 Å². The normalized spacial score (nSPS) is 12.9. The Morgan fingerprint density at radius 3 is 2.15 bits per heavy atom. The first-order valence-electron chi connectivity index (χ1n) is 7.11. The quantitative estimate of drug-likeness (QED) is 0.750. The van der Waals surface area contributed by atoms with Crippen LogP contribution < -0.4 is 5.73 Å². The second-order valence-electron chi connectivity index (χ2n) is 5.24. The summed E-state index contributed by atoms with van der Waals surface area (Å²) in [5.74, 6) is 0. The van der Waals surface area contributed by atoms with Crippen LogP contribution in [-0.4, -0.2) is 52.0 Å². The Bertz CT molecular complexity index is 388. The molecule has 2 N–H and O–H groups in total. The van der Waals surface area contributed by atoms with Crippen molar-refractivity contribution in [3.63, 3.8) is 0 Å². The number of nitrogens with two attached hydrogens (primary N) is 1. The molecule has 1 aromatic rings. The topological polar surface area (TPSA) is 47.7 Å². The van der Waals surface area contributed by atoms with Crippen molar-refractivity contribution in [2.75, 3.05) is 47.1 Å². The summed E-state index contributed by atoms with van der Waals surface area (Å²) in [5.41, 5.74) is 10.1. The van der Waals surface area contributed by atoms with Gasteiger partial charge >= 0.3 is 0 Å². The Hall–Kier alpha value is -0.940. The third-order valence-corrected chi connectivity index (χ3v) is 3.64. The fourth-order valence-corrected chi connectivity index (χ4v) is 2.11. The molecule has 0 amide bonds. The number of hydrogen-bond donors (Lipinski definition) is 1. The van der Waals surface area contributed by atoms with E-state index < -0.39 is 0 Å². The molecule has 0 saturated heterocycles. The molecule has 1 aromatic carbocycles. The van der Waals surface area contributed by atoms with Gasteiger partial charge in [-0.3, -0.25) is 4.90 Å². The standard InChI is InChI=1S/C16H28N2O2/c1-13-5-6-15(11-14(13)2)16(17)12-18(7-9-19-3)8-10-20-4/h5-6,11,16H,7-10,12,17H2,1-4H3. The van der Waals surface area contributed by atoms with Crippen LogP contribution in [0.5, 0.6) is 0 Å². The zero-order chi connectivity index (χ0) is 15.0. The summed E-state index contributed by atoms with van der Waals surface area (Å²) in [4.78, 5) is 2.28. The fourth-order valence-electron chi connectivity index (χ4n) is 2.11. The Morgan fingerprint density at radius 2 is 1.65 bits per heavy atom. The van der Waals surface area contributed by atoms with Crippen molar-refractivity contribution in [1.29, 1.82) is 0 Å². The van der Waals surface area contributed by atoms with E-state index in [1.165, 1.54) is 16.7 Å². The minimum atomic E-state index is 0.0167. The molecule has 114 valence electrons. The van der Waals surface area contributed by atoms with Crippen molar-refractivity contribution < 1.29 is 9.47 Å². The third-order valence-electron chi connectivity index (χ3n) is 3.64. The van der Waals surface area contributed by atoms with Gasteiger partial charge in [0.05, 0.1) is 13.2 Å². The molecule has 1 rings (SSSR count). The van der Waals surface area contributed by atoms with Crippen LogP contribution >= 0.6 is 0 Å². The summed E-state index contributed by atoms with van der Waals surface area (Å²) in [6.07, 6.45) is 0. The largest absolute Gasteiger partial charge is 0.383 e. The van der Waals surface area contributed by atoms with Crippen molar-refractivity contribution in [3.8, 4) is 0 Å². The van der Waals surface area contributed by atoms with Gasteiger partial charge < -0.3 is 15.2 Å². The van der Waals surface area contributed by atoms with Crippen LogP contribution in [0.3, 0.4) is 0 Å². The highest BCUT2D eigenvalue weighted by molar-refractivity contribution is 5.31. The highest BCUT2D eigenvalue weighted by atomic mass is 16.5. The Labute approximate surface area is 122 Å². The average Bonchev–Trinajstić information content (AvgIpc) is 2.44. The highest BCUT2D eigenvalue weighted by Gasteiger charge is 2.12. The summed E-state index contributed by atoms with van der Waals surface area (Å²) in [5, 5.41) is 0. The second kappa shape index (κ2) is 9.08. The van der Waals surface area contributed by atoms with Crippen LogP contribution in [0.2, 0.25) is 0 Å². The van der Waals surface area contributed by atoms with Gasteiger partial charge in [0.15, 0.2) is 0 Å². The van der Waals surface area contributed by atoms with E-state index in [-0.39, 0.29) is 6.04 Å². The van der Waals surface area contributed by atoms with Crippen molar-refractivity contribution >= 4 is 0 Å². The number of methoxy groups -OCH3 is 2. The van der Waals surface area contributed by atoms with Gasteiger partial charge in [-0.25, -0.2) is 0 Å². The second-order valence-corrected chi connectivity index (χ2v) is 5.24. The molecule has 0 spiro atoms. The molecule has 0 saturated carbocycles. The molecule has 4 heteroatoms. The van der Waals surface area contributed by atoms with Crippen molar-refractivity contribution in [3.05, 3.63) is 34.9 Å². The number of nitrogens with zero attached hydrogens (tertiary/aromatic N) is 1. The van der Waals surface area contributed by atoms with Crippen LogP contribution in [0.25, 0.3) is 0 Å². The van der Waals surface area contributed by atoms with E-state index in [4.69, 9.17) is 15.2 Å². The molecule has 0 aliphatic heterocycles. The van der Waals surface area contributed by atoms with E-state index in [0.29, 0.717) is 13.2 Å². The SMILES string of the molecule is COCCN(CCOC)CC(N)c1ccc(C)c(C)c1. The smallest absolute Gasteiger partial charge is 0.0589 e. The van der Waals surface area contributed by atoms with E-state index in [1.54, 1.807) is 14.2 Å². The fraction of sp³-hybridized carbons (Fsp3) is 0.625. The van der Waals surface area contributed by atoms with Gasteiger partial charge in [-0.1, -0.05) is 18.2 Å². The van der Waals surface area contributed by atoms with E-state index in [9.17, 15) is 0 Å². The Kier molecular flexibility index (Phi) is 7.77. The van der Waals surface area contributed by atoms with Gasteiger partial charge in [0.2, 0.25) is 0 Å². The van der Waals surface area contributed by atoms with Gasteiger partial charge in [0.25, 0.3) is 0 Å². The van der Waals surface area contributed by atoms with E-state index in [0.717, 1.165) is 19.6 Å². The van der Waals surface area contributed by atoms with Gasteiger partial charge in [-0.15, -0.1) is 0 Å². The lowest BCUT2D eigenvalue weighted by atomic mass is 10.0. The molecule has 0 fully saturated rings. The number of aryl methyl sites for hydroxylation is 2. The molecular formula is C16H28N2O2. The van der Waals surface area contributed by atoms with E-state index in [1.807, 2.05) is 0 Å². The van der Waals surface area contributed by atoms with Crippen LogP contribution in [0.4, 0.5) is 0 Å². The maximum absolute atomic E-state index is 6.34. The molecule has 0 heterocycles. The summed E-state index contributed by atoms with van der Waals surface area (Å²) >= 11 is 0. The molecule has 0 bridgehead atoms. The van der Waals surface area contributed by atoms with Gasteiger partial charge in [-0.2, -0.15) is 0 Å². The lowest BCUT2D eigenvalue weighted by Crippen LogP contribution is -2.36. The predicted molar refractivity (Wildman–Crippen MR) is 83.0 cm³/mol. The summed E-state index contributed by atoms with van der Waals surface area (Å²) in [7, 11) is 3.44. The van der Waals surface area contributed by atoms with E-state index >= 15 is 0 Å². The van der Waals surface area contributed by atoms with Gasteiger partial charge in [0.1, 0.15) is 0 Å². The maximum atomic E-state index is 6.34. The molecule has 20 heavy (non-hydrogen) atoms. The first-order chi connectivity index (χ1) is 9.58. The van der Waals surface area contributed by atoms with E-state index in [2.05, 4.69) is 36.9 Å². The molecule has 4 nitrogen and oxygen atoms in total. The van der Waals surface area contributed by atoms with Crippen molar-refractivity contribution in [2.45, 2.75) is 19.9 Å². The Balaban J connectivity index is 2.62. The lowest BCUT2D eigenvalue weighted by Gasteiger charge is -2.25. The summed E-state index contributed by atoms with van der Waals surface area (Å²) in [6.45, 7) is 8.23. The number of ether oxygens (including phenoxy) is 2. The zero-order valence-electron chi connectivity index (χ0n) is 13.2. The molecule has 1 unspecified atom stereocenters. The third kappa shape index (κ3) is 5.59. The molecule has 0 aliphatic carbocycles. The van der Waals surface area contributed by atoms with Gasteiger partial charge in [-0.05, 0) is 30.5 Å². The van der Waals surface area contributed by atoms with Crippen molar-refractivity contribution in [2.24, 2.45) is 5.73 Å². The Morgan fingerprint density at radius 1 is 1.05 bits per heavy atom. The average molecular weight is 280 g/mol. The minimum Gasteiger partial charge on any atom is -0.383 e. The number of benzene rings is 1. The summed E-state index contributed by atoms with van der Waals surface area (Å²) in [6, 6.07) is 6.46. The number of rotatable bonds is 9. The maximum Gasteiger partial charge on any atom is 0.0589 e. The molecule has 0 aliphatic rings. The first-order valence-corrected chi connectivity index (χ1v) is 7.11. The molecule has 0 radical (unpaired) electrons. The summed E-state index contributed by atoms with van der Waals surface area (Å²) < 4.78 is 10.3. The van der Waals surface area contributed by atoms with Crippen LogP contribution in [0.1, 0.15) is 22.7 Å². The lowest BCUT2D eigenvalue weighted by molar-refractivity contribution is 0.110. The van der Waals surface area contributed by atoms with Crippen molar-refractivity contribution in [1.82, 2.24) is 4.90 Å². The zero-order valence-corrected chi connectivity index (χ0v) is 13.2.